The van der Waals surface area contributed by atoms with Crippen molar-refractivity contribution < 1.29 is 9.90 Å². The summed E-state index contributed by atoms with van der Waals surface area (Å²) < 4.78 is 0. The standard InChI is InChI=1S/C23H29N3O2/c1-24(23(27)28)20-12-14-25(15-13-20)21-16-26(17-21)22(18-8-4-2-5-9-18)19-10-6-3-7-11-19/h2-11,20-22H,12-17H2,1H3,(H,27,28). The van der Waals surface area contributed by atoms with Crippen molar-refractivity contribution in [1.82, 2.24) is 14.7 Å². The van der Waals surface area contributed by atoms with E-state index in [0.29, 0.717) is 12.1 Å². The molecule has 0 unspecified atom stereocenters. The van der Waals surface area contributed by atoms with Crippen molar-refractivity contribution in [3.63, 3.8) is 0 Å². The molecule has 0 spiro atoms. The van der Waals surface area contributed by atoms with Crippen LogP contribution in [0, 0.1) is 0 Å². The molecule has 4 rings (SSSR count). The Morgan fingerprint density at radius 2 is 1.46 bits per heavy atom. The first-order valence-corrected chi connectivity index (χ1v) is 10.2. The van der Waals surface area contributed by atoms with Crippen LogP contribution in [-0.4, -0.2) is 71.2 Å². The number of hydrogen-bond acceptors (Lipinski definition) is 3. The monoisotopic (exact) mass is 379 g/mol. The fourth-order valence-corrected chi connectivity index (χ4v) is 4.61. The lowest BCUT2D eigenvalue weighted by Gasteiger charge is -2.51. The lowest BCUT2D eigenvalue weighted by molar-refractivity contribution is -0.00564. The summed E-state index contributed by atoms with van der Waals surface area (Å²) >= 11 is 0. The first-order chi connectivity index (χ1) is 13.6. The molecule has 0 saturated carbocycles. The van der Waals surface area contributed by atoms with Crippen molar-refractivity contribution in [1.29, 1.82) is 0 Å². The summed E-state index contributed by atoms with van der Waals surface area (Å²) in [5, 5.41) is 9.18. The van der Waals surface area contributed by atoms with E-state index in [4.69, 9.17) is 0 Å². The molecule has 2 saturated heterocycles. The molecule has 2 aliphatic rings. The molecular formula is C23H29N3O2. The zero-order valence-electron chi connectivity index (χ0n) is 16.4. The van der Waals surface area contributed by atoms with Gasteiger partial charge in [-0.2, -0.15) is 0 Å². The maximum atomic E-state index is 11.2. The number of likely N-dealkylation sites (tertiary alicyclic amines) is 2. The van der Waals surface area contributed by atoms with Crippen LogP contribution in [0.2, 0.25) is 0 Å². The largest absolute Gasteiger partial charge is 0.465 e. The van der Waals surface area contributed by atoms with Gasteiger partial charge in [0, 0.05) is 45.3 Å². The van der Waals surface area contributed by atoms with Crippen molar-refractivity contribution in [2.24, 2.45) is 0 Å². The summed E-state index contributed by atoms with van der Waals surface area (Å²) in [6, 6.07) is 22.5. The van der Waals surface area contributed by atoms with Crippen LogP contribution in [0.15, 0.2) is 60.7 Å². The van der Waals surface area contributed by atoms with Gasteiger partial charge in [0.1, 0.15) is 0 Å². The number of benzene rings is 2. The Kier molecular flexibility index (Phi) is 5.64. The molecule has 0 radical (unpaired) electrons. The van der Waals surface area contributed by atoms with Crippen LogP contribution in [0.25, 0.3) is 0 Å². The average Bonchev–Trinajstić information content (AvgIpc) is 2.71. The highest BCUT2D eigenvalue weighted by Gasteiger charge is 2.38. The third kappa shape index (κ3) is 3.91. The Morgan fingerprint density at radius 1 is 0.964 bits per heavy atom. The highest BCUT2D eigenvalue weighted by Crippen LogP contribution is 2.34. The Bertz CT molecular complexity index is 729. The quantitative estimate of drug-likeness (QED) is 0.863. The topological polar surface area (TPSA) is 47.0 Å². The maximum absolute atomic E-state index is 11.2. The number of piperidine rings is 1. The predicted octanol–water partition coefficient (Wildman–Crippen LogP) is 3.53. The number of hydrogen-bond donors (Lipinski definition) is 1. The van der Waals surface area contributed by atoms with E-state index >= 15 is 0 Å². The first-order valence-electron chi connectivity index (χ1n) is 10.2. The molecular weight excluding hydrogens is 350 g/mol. The Hall–Kier alpha value is -2.37. The van der Waals surface area contributed by atoms with Gasteiger partial charge in [0.25, 0.3) is 0 Å². The van der Waals surface area contributed by atoms with Crippen LogP contribution in [0.3, 0.4) is 0 Å². The number of nitrogens with zero attached hydrogens (tertiary/aromatic N) is 3. The Morgan fingerprint density at radius 3 is 1.93 bits per heavy atom. The van der Waals surface area contributed by atoms with Gasteiger partial charge in [-0.3, -0.25) is 9.80 Å². The van der Waals surface area contributed by atoms with Gasteiger partial charge in [0.05, 0.1) is 6.04 Å². The summed E-state index contributed by atoms with van der Waals surface area (Å²) in [6.07, 6.45) is 1.04. The van der Waals surface area contributed by atoms with E-state index < -0.39 is 6.09 Å². The Balaban J connectivity index is 1.38. The van der Waals surface area contributed by atoms with E-state index in [0.717, 1.165) is 39.0 Å². The van der Waals surface area contributed by atoms with Gasteiger partial charge < -0.3 is 10.0 Å². The van der Waals surface area contributed by atoms with E-state index in [1.165, 1.54) is 16.0 Å². The maximum Gasteiger partial charge on any atom is 0.407 e. The molecule has 28 heavy (non-hydrogen) atoms. The molecule has 5 nitrogen and oxygen atoms in total. The molecule has 0 atom stereocenters. The smallest absolute Gasteiger partial charge is 0.407 e. The van der Waals surface area contributed by atoms with Gasteiger partial charge in [-0.05, 0) is 24.0 Å². The van der Waals surface area contributed by atoms with Crippen molar-refractivity contribution >= 4 is 6.09 Å². The van der Waals surface area contributed by atoms with Crippen LogP contribution in [0.1, 0.15) is 30.0 Å². The zero-order chi connectivity index (χ0) is 19.5. The summed E-state index contributed by atoms with van der Waals surface area (Å²) in [7, 11) is 1.69. The van der Waals surface area contributed by atoms with Gasteiger partial charge in [0.15, 0.2) is 0 Å². The summed E-state index contributed by atoms with van der Waals surface area (Å²) in [5.74, 6) is 0. The number of carboxylic acid groups (broad SMARTS) is 1. The van der Waals surface area contributed by atoms with Crippen LogP contribution >= 0.6 is 0 Å². The highest BCUT2D eigenvalue weighted by molar-refractivity contribution is 5.64. The van der Waals surface area contributed by atoms with Crippen LogP contribution in [0.5, 0.6) is 0 Å². The molecule has 1 N–H and O–H groups in total. The van der Waals surface area contributed by atoms with Gasteiger partial charge in [-0.1, -0.05) is 60.7 Å². The number of carbonyl (C=O) groups is 1. The molecule has 2 aromatic rings. The number of amides is 1. The van der Waals surface area contributed by atoms with E-state index in [1.807, 2.05) is 0 Å². The van der Waals surface area contributed by atoms with Gasteiger partial charge in [-0.25, -0.2) is 4.79 Å². The van der Waals surface area contributed by atoms with Crippen LogP contribution in [-0.2, 0) is 0 Å². The van der Waals surface area contributed by atoms with Crippen molar-refractivity contribution in [2.75, 3.05) is 33.2 Å². The van der Waals surface area contributed by atoms with Gasteiger partial charge >= 0.3 is 6.09 Å². The van der Waals surface area contributed by atoms with Crippen molar-refractivity contribution in [3.8, 4) is 0 Å². The highest BCUT2D eigenvalue weighted by atomic mass is 16.4. The minimum atomic E-state index is -0.818. The minimum absolute atomic E-state index is 0.159. The van der Waals surface area contributed by atoms with Gasteiger partial charge in [-0.15, -0.1) is 0 Å². The van der Waals surface area contributed by atoms with E-state index in [9.17, 15) is 9.90 Å². The third-order valence-electron chi connectivity index (χ3n) is 6.35. The van der Waals surface area contributed by atoms with E-state index in [1.54, 1.807) is 7.05 Å². The Labute approximate surface area is 167 Å². The lowest BCUT2D eigenvalue weighted by atomic mass is 9.91. The van der Waals surface area contributed by atoms with E-state index in [2.05, 4.69) is 70.5 Å². The molecule has 1 amide bonds. The van der Waals surface area contributed by atoms with Crippen molar-refractivity contribution in [3.05, 3.63) is 71.8 Å². The molecule has 0 aliphatic carbocycles. The summed E-state index contributed by atoms with van der Waals surface area (Å²) in [5.41, 5.74) is 2.68. The van der Waals surface area contributed by atoms with Crippen LogP contribution < -0.4 is 0 Å². The number of rotatable bonds is 5. The molecule has 0 aromatic heterocycles. The molecule has 2 aliphatic heterocycles. The second kappa shape index (κ2) is 8.33. The fraction of sp³-hybridized carbons (Fsp3) is 0.435. The summed E-state index contributed by atoms with van der Waals surface area (Å²) in [4.78, 5) is 17.8. The molecule has 5 heteroatoms. The van der Waals surface area contributed by atoms with E-state index in [-0.39, 0.29) is 6.04 Å². The first kappa shape index (κ1) is 19.0. The molecule has 148 valence electrons. The second-order valence-electron chi connectivity index (χ2n) is 7.99. The van der Waals surface area contributed by atoms with Gasteiger partial charge in [0.2, 0.25) is 0 Å². The average molecular weight is 380 g/mol. The summed E-state index contributed by atoms with van der Waals surface area (Å²) in [6.45, 7) is 4.10. The second-order valence-corrected chi connectivity index (χ2v) is 7.99. The molecule has 2 aromatic carbocycles. The fourth-order valence-electron chi connectivity index (χ4n) is 4.61. The van der Waals surface area contributed by atoms with Crippen molar-refractivity contribution in [2.45, 2.75) is 31.0 Å². The van der Waals surface area contributed by atoms with Crippen LogP contribution in [0.4, 0.5) is 4.79 Å². The normalized spacial score (nSPS) is 19.5. The minimum Gasteiger partial charge on any atom is -0.465 e. The predicted molar refractivity (Wildman–Crippen MR) is 110 cm³/mol. The molecule has 0 bridgehead atoms. The zero-order valence-corrected chi connectivity index (χ0v) is 16.4. The molecule has 2 heterocycles. The SMILES string of the molecule is CN(C(=O)O)C1CCN(C2CN(C(c3ccccc3)c3ccccc3)C2)CC1. The third-order valence-corrected chi connectivity index (χ3v) is 6.35. The molecule has 2 fully saturated rings. The lowest BCUT2D eigenvalue weighted by Crippen LogP contribution is -2.62.